The first-order valence-electron chi connectivity index (χ1n) is 5.92. The normalized spacial score (nSPS) is 24.7. The third kappa shape index (κ3) is 2.26. The molecule has 1 aliphatic rings. The lowest BCUT2D eigenvalue weighted by atomic mass is 10.1. The Hall–Kier alpha value is -1.55. The van der Waals surface area contributed by atoms with Crippen molar-refractivity contribution in [3.05, 3.63) is 29.8 Å². The van der Waals surface area contributed by atoms with Gasteiger partial charge in [0, 0.05) is 25.2 Å². The van der Waals surface area contributed by atoms with E-state index in [0.717, 1.165) is 13.1 Å². The number of para-hydroxylation sites is 1. The summed E-state index contributed by atoms with van der Waals surface area (Å²) >= 11 is 0. The molecule has 1 aromatic carbocycles. The van der Waals surface area contributed by atoms with Gasteiger partial charge in [0.15, 0.2) is 0 Å². The molecule has 4 nitrogen and oxygen atoms in total. The fourth-order valence-corrected chi connectivity index (χ4v) is 2.33. The second-order valence-corrected chi connectivity index (χ2v) is 4.59. The van der Waals surface area contributed by atoms with Crippen LogP contribution in [0.25, 0.3) is 0 Å². The van der Waals surface area contributed by atoms with E-state index >= 15 is 0 Å². The Labute approximate surface area is 101 Å². The van der Waals surface area contributed by atoms with E-state index in [9.17, 15) is 9.90 Å². The standard InChI is InChI=1S/C13H18N2O2/c1-9-7-14-8-10(2)15(9)13(17)11-5-3-4-6-12(11)16/h3-6,9-10,14,16H,7-8H2,1-2H3. The smallest absolute Gasteiger partial charge is 0.258 e. The number of nitrogens with one attached hydrogen (secondary N) is 1. The van der Waals surface area contributed by atoms with Crippen LogP contribution >= 0.6 is 0 Å². The Morgan fingerprint density at radius 2 is 1.88 bits per heavy atom. The van der Waals surface area contributed by atoms with Gasteiger partial charge in [-0.25, -0.2) is 0 Å². The molecular formula is C13H18N2O2. The van der Waals surface area contributed by atoms with Gasteiger partial charge in [-0.2, -0.15) is 0 Å². The van der Waals surface area contributed by atoms with Gasteiger partial charge in [0.2, 0.25) is 0 Å². The summed E-state index contributed by atoms with van der Waals surface area (Å²) < 4.78 is 0. The second-order valence-electron chi connectivity index (χ2n) is 4.59. The van der Waals surface area contributed by atoms with Crippen LogP contribution in [0.3, 0.4) is 0 Å². The van der Waals surface area contributed by atoms with Gasteiger partial charge in [-0.15, -0.1) is 0 Å². The number of piperazine rings is 1. The van der Waals surface area contributed by atoms with Crippen LogP contribution in [0.4, 0.5) is 0 Å². The number of benzene rings is 1. The molecule has 2 rings (SSSR count). The lowest BCUT2D eigenvalue weighted by molar-refractivity contribution is 0.0541. The molecule has 92 valence electrons. The maximum atomic E-state index is 12.4. The summed E-state index contributed by atoms with van der Waals surface area (Å²) in [7, 11) is 0. The first-order chi connectivity index (χ1) is 8.11. The Balaban J connectivity index is 2.27. The van der Waals surface area contributed by atoms with Gasteiger partial charge in [0.05, 0.1) is 5.56 Å². The van der Waals surface area contributed by atoms with Gasteiger partial charge in [0.25, 0.3) is 5.91 Å². The summed E-state index contributed by atoms with van der Waals surface area (Å²) in [6.45, 7) is 5.62. The van der Waals surface area contributed by atoms with E-state index < -0.39 is 0 Å². The van der Waals surface area contributed by atoms with E-state index in [2.05, 4.69) is 5.32 Å². The van der Waals surface area contributed by atoms with Crippen molar-refractivity contribution in [1.29, 1.82) is 0 Å². The fraction of sp³-hybridized carbons (Fsp3) is 0.462. The van der Waals surface area contributed by atoms with Crippen LogP contribution in [0.2, 0.25) is 0 Å². The highest BCUT2D eigenvalue weighted by Crippen LogP contribution is 2.21. The summed E-state index contributed by atoms with van der Waals surface area (Å²) in [5.41, 5.74) is 0.383. The predicted octanol–water partition coefficient (Wildman–Crippen LogP) is 1.21. The van der Waals surface area contributed by atoms with E-state index in [1.54, 1.807) is 24.3 Å². The van der Waals surface area contributed by atoms with Gasteiger partial charge in [-0.05, 0) is 26.0 Å². The number of nitrogens with zero attached hydrogens (tertiary/aromatic N) is 1. The number of aromatic hydroxyl groups is 1. The van der Waals surface area contributed by atoms with E-state index in [1.165, 1.54) is 0 Å². The van der Waals surface area contributed by atoms with Gasteiger partial charge in [-0.1, -0.05) is 12.1 Å². The van der Waals surface area contributed by atoms with Crippen molar-refractivity contribution in [1.82, 2.24) is 10.2 Å². The molecule has 2 atom stereocenters. The molecule has 0 spiro atoms. The van der Waals surface area contributed by atoms with Crippen LogP contribution in [-0.2, 0) is 0 Å². The van der Waals surface area contributed by atoms with Crippen LogP contribution < -0.4 is 5.32 Å². The Kier molecular flexibility index (Phi) is 3.33. The summed E-state index contributed by atoms with van der Waals surface area (Å²) in [4.78, 5) is 14.2. The third-order valence-corrected chi connectivity index (χ3v) is 3.20. The summed E-state index contributed by atoms with van der Waals surface area (Å²) in [5, 5.41) is 13.0. The molecule has 2 N–H and O–H groups in total. The number of hydrogen-bond donors (Lipinski definition) is 2. The van der Waals surface area contributed by atoms with Crippen LogP contribution in [0.15, 0.2) is 24.3 Å². The Bertz CT molecular complexity index is 410. The minimum Gasteiger partial charge on any atom is -0.507 e. The Morgan fingerprint density at radius 3 is 2.47 bits per heavy atom. The molecule has 0 bridgehead atoms. The molecule has 1 saturated heterocycles. The summed E-state index contributed by atoms with van der Waals surface area (Å²) in [6, 6.07) is 6.99. The first-order valence-corrected chi connectivity index (χ1v) is 5.92. The fourth-order valence-electron chi connectivity index (χ4n) is 2.33. The number of hydrogen-bond acceptors (Lipinski definition) is 3. The van der Waals surface area contributed by atoms with Gasteiger partial charge >= 0.3 is 0 Å². The molecule has 17 heavy (non-hydrogen) atoms. The number of amides is 1. The van der Waals surface area contributed by atoms with Crippen molar-refractivity contribution in [2.24, 2.45) is 0 Å². The molecular weight excluding hydrogens is 216 g/mol. The quantitative estimate of drug-likeness (QED) is 0.768. The number of carbonyl (C=O) groups is 1. The van der Waals surface area contributed by atoms with Crippen LogP contribution in [0.5, 0.6) is 5.75 Å². The van der Waals surface area contributed by atoms with E-state index in [1.807, 2.05) is 18.7 Å². The summed E-state index contributed by atoms with van der Waals surface area (Å²) in [5.74, 6) is -0.0416. The molecule has 1 fully saturated rings. The largest absolute Gasteiger partial charge is 0.507 e. The van der Waals surface area contributed by atoms with E-state index in [-0.39, 0.29) is 23.7 Å². The lowest BCUT2D eigenvalue weighted by Crippen LogP contribution is -2.57. The summed E-state index contributed by atoms with van der Waals surface area (Å²) in [6.07, 6.45) is 0. The predicted molar refractivity (Wildman–Crippen MR) is 66.1 cm³/mol. The molecule has 1 heterocycles. The average Bonchev–Trinajstić information content (AvgIpc) is 2.29. The van der Waals surface area contributed by atoms with Crippen LogP contribution in [0.1, 0.15) is 24.2 Å². The van der Waals surface area contributed by atoms with Crippen molar-refractivity contribution in [2.45, 2.75) is 25.9 Å². The Morgan fingerprint density at radius 1 is 1.29 bits per heavy atom. The van der Waals surface area contributed by atoms with Crippen LogP contribution in [0, 0.1) is 0 Å². The number of rotatable bonds is 1. The van der Waals surface area contributed by atoms with Gasteiger partial charge in [0.1, 0.15) is 5.75 Å². The van der Waals surface area contributed by atoms with Crippen molar-refractivity contribution < 1.29 is 9.90 Å². The minimum atomic E-state index is -0.0930. The highest BCUT2D eigenvalue weighted by Gasteiger charge is 2.30. The maximum absolute atomic E-state index is 12.4. The van der Waals surface area contributed by atoms with Gasteiger partial charge < -0.3 is 15.3 Å². The third-order valence-electron chi connectivity index (χ3n) is 3.20. The second kappa shape index (κ2) is 4.75. The topological polar surface area (TPSA) is 52.6 Å². The van der Waals surface area contributed by atoms with Gasteiger partial charge in [-0.3, -0.25) is 4.79 Å². The molecule has 2 unspecified atom stereocenters. The molecule has 4 heteroatoms. The van der Waals surface area contributed by atoms with E-state index in [0.29, 0.717) is 5.56 Å². The monoisotopic (exact) mass is 234 g/mol. The molecule has 0 aromatic heterocycles. The van der Waals surface area contributed by atoms with Crippen molar-refractivity contribution in [3.8, 4) is 5.75 Å². The zero-order chi connectivity index (χ0) is 12.4. The number of phenols is 1. The molecule has 0 saturated carbocycles. The zero-order valence-electron chi connectivity index (χ0n) is 10.2. The average molecular weight is 234 g/mol. The number of phenolic OH excluding ortho intramolecular Hbond substituents is 1. The molecule has 1 amide bonds. The SMILES string of the molecule is CC1CNCC(C)N1C(=O)c1ccccc1O. The first kappa shape index (κ1) is 11.9. The highest BCUT2D eigenvalue weighted by atomic mass is 16.3. The number of carbonyl (C=O) groups excluding carboxylic acids is 1. The highest BCUT2D eigenvalue weighted by molar-refractivity contribution is 5.97. The van der Waals surface area contributed by atoms with Crippen LogP contribution in [-0.4, -0.2) is 41.1 Å². The van der Waals surface area contributed by atoms with Crippen molar-refractivity contribution >= 4 is 5.91 Å². The molecule has 0 radical (unpaired) electrons. The lowest BCUT2D eigenvalue weighted by Gasteiger charge is -2.39. The zero-order valence-corrected chi connectivity index (χ0v) is 10.2. The molecule has 0 aliphatic carbocycles. The molecule has 1 aliphatic heterocycles. The molecule has 1 aromatic rings. The minimum absolute atomic E-state index is 0.0513. The van der Waals surface area contributed by atoms with Crippen molar-refractivity contribution in [3.63, 3.8) is 0 Å². The van der Waals surface area contributed by atoms with Crippen molar-refractivity contribution in [2.75, 3.05) is 13.1 Å². The maximum Gasteiger partial charge on any atom is 0.258 e. The van der Waals surface area contributed by atoms with E-state index in [4.69, 9.17) is 0 Å².